The molecule has 0 aliphatic carbocycles. The number of carbonyl (C=O) groups excluding carboxylic acids is 1. The Kier molecular flexibility index (Phi) is 5.54. The van der Waals surface area contributed by atoms with E-state index in [1.807, 2.05) is 0 Å². The Balaban J connectivity index is 1.89. The number of nitrogens with one attached hydrogen (secondary N) is 1. The second-order valence-electron chi connectivity index (χ2n) is 6.10. The van der Waals surface area contributed by atoms with E-state index in [0.29, 0.717) is 5.56 Å². The Morgan fingerprint density at radius 3 is 2.44 bits per heavy atom. The normalized spacial score (nSPS) is 15.5. The first kappa shape index (κ1) is 19.4. The highest BCUT2D eigenvalue weighted by molar-refractivity contribution is 7.89. The van der Waals surface area contributed by atoms with E-state index in [4.69, 9.17) is 4.74 Å². The molecule has 9 heteroatoms. The van der Waals surface area contributed by atoms with Gasteiger partial charge in [0.15, 0.2) is 0 Å². The lowest BCUT2D eigenvalue weighted by Gasteiger charge is -2.26. The van der Waals surface area contributed by atoms with Crippen molar-refractivity contribution in [1.82, 2.24) is 4.31 Å². The summed E-state index contributed by atoms with van der Waals surface area (Å²) in [5.74, 6) is -2.50. The summed E-state index contributed by atoms with van der Waals surface area (Å²) in [7, 11) is -3.89. The van der Waals surface area contributed by atoms with Crippen molar-refractivity contribution >= 4 is 21.6 Å². The number of amides is 1. The molecule has 6 nitrogen and oxygen atoms in total. The van der Waals surface area contributed by atoms with Gasteiger partial charge < -0.3 is 10.1 Å². The fourth-order valence-corrected chi connectivity index (χ4v) is 4.12. The molecule has 0 aromatic heterocycles. The number of hydrogen-bond donors (Lipinski definition) is 1. The second kappa shape index (κ2) is 7.71. The van der Waals surface area contributed by atoms with Crippen LogP contribution in [0.3, 0.4) is 0 Å². The van der Waals surface area contributed by atoms with E-state index in [-0.39, 0.29) is 36.9 Å². The Hall–Kier alpha value is -2.36. The third kappa shape index (κ3) is 4.15. The molecule has 0 bridgehead atoms. The number of carbonyl (C=O) groups is 1. The molecular weight excluding hydrogens is 378 g/mol. The number of hydrogen-bond acceptors (Lipinski definition) is 4. The van der Waals surface area contributed by atoms with Crippen LogP contribution < -0.4 is 5.32 Å². The van der Waals surface area contributed by atoms with E-state index < -0.39 is 33.1 Å². The van der Waals surface area contributed by atoms with Crippen molar-refractivity contribution in [2.24, 2.45) is 0 Å². The molecule has 2 aromatic rings. The predicted molar refractivity (Wildman–Crippen MR) is 95.1 cm³/mol. The molecule has 0 radical (unpaired) electrons. The van der Waals surface area contributed by atoms with E-state index in [2.05, 4.69) is 5.32 Å². The van der Waals surface area contributed by atoms with Crippen molar-refractivity contribution in [3.8, 4) is 0 Å². The van der Waals surface area contributed by atoms with Crippen LogP contribution in [0.4, 0.5) is 14.5 Å². The molecule has 0 unspecified atom stereocenters. The van der Waals surface area contributed by atoms with Crippen LogP contribution in [0, 0.1) is 18.6 Å². The van der Waals surface area contributed by atoms with Crippen LogP contribution >= 0.6 is 0 Å². The molecule has 144 valence electrons. The highest BCUT2D eigenvalue weighted by atomic mass is 32.2. The Labute approximate surface area is 155 Å². The van der Waals surface area contributed by atoms with E-state index in [0.717, 1.165) is 18.2 Å². The van der Waals surface area contributed by atoms with Gasteiger partial charge >= 0.3 is 0 Å². The first-order valence-corrected chi connectivity index (χ1v) is 9.68. The summed E-state index contributed by atoms with van der Waals surface area (Å²) in [5.41, 5.74) is 0.0611. The van der Waals surface area contributed by atoms with Crippen LogP contribution in [-0.4, -0.2) is 44.9 Å². The Morgan fingerprint density at radius 2 is 1.78 bits per heavy atom. The first-order valence-electron chi connectivity index (χ1n) is 8.24. The number of ether oxygens (including phenoxy) is 1. The van der Waals surface area contributed by atoms with Crippen LogP contribution in [0.5, 0.6) is 0 Å². The van der Waals surface area contributed by atoms with Crippen LogP contribution in [0.2, 0.25) is 0 Å². The van der Waals surface area contributed by atoms with Gasteiger partial charge in [0.25, 0.3) is 5.91 Å². The van der Waals surface area contributed by atoms with Crippen molar-refractivity contribution in [3.63, 3.8) is 0 Å². The fourth-order valence-electron chi connectivity index (χ4n) is 2.69. The Morgan fingerprint density at radius 1 is 1.07 bits per heavy atom. The number of benzene rings is 2. The van der Waals surface area contributed by atoms with Crippen LogP contribution in [0.25, 0.3) is 0 Å². The van der Waals surface area contributed by atoms with Gasteiger partial charge in [-0.05, 0) is 42.8 Å². The molecule has 1 amide bonds. The van der Waals surface area contributed by atoms with Crippen molar-refractivity contribution in [1.29, 1.82) is 0 Å². The van der Waals surface area contributed by atoms with E-state index >= 15 is 0 Å². The van der Waals surface area contributed by atoms with Crippen molar-refractivity contribution in [2.75, 3.05) is 31.6 Å². The number of aryl methyl sites for hydroxylation is 1. The van der Waals surface area contributed by atoms with Gasteiger partial charge in [0.2, 0.25) is 10.0 Å². The van der Waals surface area contributed by atoms with E-state index in [9.17, 15) is 22.0 Å². The highest BCUT2D eigenvalue weighted by Gasteiger charge is 2.28. The smallest absolute Gasteiger partial charge is 0.258 e. The lowest BCUT2D eigenvalue weighted by Crippen LogP contribution is -2.40. The molecule has 1 heterocycles. The number of anilines is 1. The molecule has 1 fully saturated rings. The zero-order chi connectivity index (χ0) is 19.6. The van der Waals surface area contributed by atoms with Gasteiger partial charge in [-0.1, -0.05) is 6.07 Å². The summed E-state index contributed by atoms with van der Waals surface area (Å²) in [6.07, 6.45) is 0. The van der Waals surface area contributed by atoms with Gasteiger partial charge in [-0.25, -0.2) is 17.2 Å². The molecule has 0 atom stereocenters. The molecule has 0 spiro atoms. The van der Waals surface area contributed by atoms with E-state index in [1.165, 1.54) is 16.4 Å². The lowest BCUT2D eigenvalue weighted by molar-refractivity contribution is 0.0730. The minimum atomic E-state index is -3.89. The number of halogens is 2. The zero-order valence-corrected chi connectivity index (χ0v) is 15.4. The van der Waals surface area contributed by atoms with Crippen LogP contribution in [0.15, 0.2) is 41.3 Å². The molecule has 2 aromatic carbocycles. The highest BCUT2D eigenvalue weighted by Crippen LogP contribution is 2.22. The van der Waals surface area contributed by atoms with Crippen molar-refractivity contribution in [2.45, 2.75) is 11.8 Å². The van der Waals surface area contributed by atoms with E-state index in [1.54, 1.807) is 13.0 Å². The average Bonchev–Trinajstić information content (AvgIpc) is 2.65. The molecule has 1 saturated heterocycles. The summed E-state index contributed by atoms with van der Waals surface area (Å²) in [6, 6.07) is 7.15. The average molecular weight is 396 g/mol. The maximum absolute atomic E-state index is 14.1. The molecule has 1 N–H and O–H groups in total. The first-order chi connectivity index (χ1) is 12.8. The number of nitrogens with zero attached hydrogens (tertiary/aromatic N) is 1. The van der Waals surface area contributed by atoms with Gasteiger partial charge in [-0.15, -0.1) is 0 Å². The summed E-state index contributed by atoms with van der Waals surface area (Å²) >= 11 is 0. The summed E-state index contributed by atoms with van der Waals surface area (Å²) < 4.78 is 59.8. The monoisotopic (exact) mass is 396 g/mol. The molecule has 3 rings (SSSR count). The molecule has 1 aliphatic heterocycles. The quantitative estimate of drug-likeness (QED) is 0.862. The molecule has 1 aliphatic rings. The number of sulfonamides is 1. The maximum Gasteiger partial charge on any atom is 0.258 e. The van der Waals surface area contributed by atoms with Crippen molar-refractivity contribution in [3.05, 3.63) is 59.2 Å². The van der Waals surface area contributed by atoms with Gasteiger partial charge in [-0.2, -0.15) is 4.31 Å². The number of morpholine rings is 1. The van der Waals surface area contributed by atoms with Crippen molar-refractivity contribution < 1.29 is 26.7 Å². The topological polar surface area (TPSA) is 75.7 Å². The minimum absolute atomic E-state index is 0.119. The van der Waals surface area contributed by atoms with Crippen LogP contribution in [-0.2, 0) is 14.8 Å². The standard InChI is InChI=1S/C18H18F2N2O4S/c1-12-2-5-17(16(20)10-12)21-18(23)14-11-13(3-4-15(14)19)27(24,25)22-6-8-26-9-7-22/h2-5,10-11H,6-9H2,1H3,(H,21,23). The SMILES string of the molecule is Cc1ccc(NC(=O)c2cc(S(=O)(=O)N3CCOCC3)ccc2F)c(F)c1. The molecule has 0 saturated carbocycles. The lowest BCUT2D eigenvalue weighted by atomic mass is 10.1. The maximum atomic E-state index is 14.1. The van der Waals surface area contributed by atoms with Gasteiger partial charge in [-0.3, -0.25) is 4.79 Å². The molecule has 27 heavy (non-hydrogen) atoms. The summed E-state index contributed by atoms with van der Waals surface area (Å²) in [6.45, 7) is 2.57. The third-order valence-corrected chi connectivity index (χ3v) is 6.06. The second-order valence-corrected chi connectivity index (χ2v) is 8.03. The Bertz CT molecular complexity index is 973. The molecular formula is C18H18F2N2O4S. The third-order valence-electron chi connectivity index (χ3n) is 4.16. The zero-order valence-electron chi connectivity index (χ0n) is 14.5. The number of rotatable bonds is 4. The predicted octanol–water partition coefficient (Wildman–Crippen LogP) is 2.55. The summed E-state index contributed by atoms with van der Waals surface area (Å²) in [4.78, 5) is 12.2. The summed E-state index contributed by atoms with van der Waals surface area (Å²) in [5, 5.41) is 2.27. The minimum Gasteiger partial charge on any atom is -0.379 e. The van der Waals surface area contributed by atoms with Crippen LogP contribution in [0.1, 0.15) is 15.9 Å². The largest absolute Gasteiger partial charge is 0.379 e. The fraction of sp³-hybridized carbons (Fsp3) is 0.278. The van der Waals surface area contributed by atoms with Gasteiger partial charge in [0.1, 0.15) is 11.6 Å². The van der Waals surface area contributed by atoms with Gasteiger partial charge in [0, 0.05) is 13.1 Å². The van der Waals surface area contributed by atoms with Gasteiger partial charge in [0.05, 0.1) is 29.4 Å².